The molecule has 1 aromatic heterocycles. The minimum atomic E-state index is -2.20. The summed E-state index contributed by atoms with van der Waals surface area (Å²) < 4.78 is 9.04. The van der Waals surface area contributed by atoms with Gasteiger partial charge >= 0.3 is 11.4 Å². The zero-order chi connectivity index (χ0) is 29.6. The van der Waals surface area contributed by atoms with Gasteiger partial charge in [-0.05, 0) is 51.3 Å². The number of carbonyl (C=O) groups is 2. The zero-order valence-corrected chi connectivity index (χ0v) is 25.5. The third-order valence-corrected chi connectivity index (χ3v) is 10.8. The van der Waals surface area contributed by atoms with E-state index in [2.05, 4.69) is 15.9 Å². The average Bonchev–Trinajstić information content (AvgIpc) is 3.22. The number of carbonyl (C=O) groups excluding carboxylic acids is 2. The van der Waals surface area contributed by atoms with Crippen LogP contribution >= 0.6 is 62.3 Å². The van der Waals surface area contributed by atoms with Gasteiger partial charge in [-0.1, -0.05) is 47.5 Å². The fourth-order valence-electron chi connectivity index (χ4n) is 6.06. The summed E-state index contributed by atoms with van der Waals surface area (Å²) in [7, 11) is 1.34. The summed E-state index contributed by atoms with van der Waals surface area (Å²) in [5.41, 5.74) is -0.131. The molecule has 212 valence electrons. The molecule has 2 aromatic carbocycles. The molecule has 0 bridgehead atoms. The van der Waals surface area contributed by atoms with Crippen LogP contribution in [0.2, 0.25) is 0 Å². The van der Waals surface area contributed by atoms with E-state index in [1.165, 1.54) is 28.6 Å². The third kappa shape index (κ3) is 3.67. The summed E-state index contributed by atoms with van der Waals surface area (Å²) in [6.07, 6.45) is 1.34. The number of halogens is 5. The lowest BCUT2D eigenvalue weighted by molar-refractivity contribution is -0.128. The number of aromatic nitrogens is 3. The predicted octanol–water partition coefficient (Wildman–Crippen LogP) is 4.74. The van der Waals surface area contributed by atoms with Gasteiger partial charge in [0.05, 0.1) is 29.9 Å². The van der Waals surface area contributed by atoms with Crippen LogP contribution in [0.25, 0.3) is 5.69 Å². The van der Waals surface area contributed by atoms with Gasteiger partial charge in [0.1, 0.15) is 19.8 Å². The number of alkyl halides is 2. The highest BCUT2D eigenvalue weighted by Crippen LogP contribution is 2.64. The summed E-state index contributed by atoms with van der Waals surface area (Å²) >= 11 is 30.1. The first kappa shape index (κ1) is 28.4. The molecule has 2 heterocycles. The molecular weight excluding hydrogens is 684 g/mol. The summed E-state index contributed by atoms with van der Waals surface area (Å²) in [4.78, 5) is 50.6. The molecule has 0 spiro atoms. The lowest BCUT2D eigenvalue weighted by atomic mass is 9.59. The highest BCUT2D eigenvalue weighted by molar-refractivity contribution is 9.10. The maximum atomic E-state index is 13.9. The highest BCUT2D eigenvalue weighted by Gasteiger charge is 2.71. The fourth-order valence-corrected chi connectivity index (χ4v) is 8.04. The van der Waals surface area contributed by atoms with E-state index >= 15 is 0 Å². The molecule has 4 unspecified atom stereocenters. The van der Waals surface area contributed by atoms with Gasteiger partial charge < -0.3 is 9.84 Å². The molecule has 14 heteroatoms. The van der Waals surface area contributed by atoms with Crippen LogP contribution in [-0.2, 0) is 16.1 Å². The van der Waals surface area contributed by atoms with E-state index in [1.54, 1.807) is 36.4 Å². The Morgan fingerprint density at radius 3 is 2.32 bits per heavy atom. The van der Waals surface area contributed by atoms with Gasteiger partial charge in [0.2, 0.25) is 0 Å². The van der Waals surface area contributed by atoms with Gasteiger partial charge in [0.15, 0.2) is 23.1 Å². The monoisotopic (exact) mass is 699 g/mol. The molecule has 1 fully saturated rings. The van der Waals surface area contributed by atoms with Gasteiger partial charge in [-0.2, -0.15) is 0 Å². The molecule has 2 aliphatic carbocycles. The Hall–Kier alpha value is -2.76. The standard InChI is InChI=1S/C27H18BrCl4N3O6/c1-41-17-10-12(9-15(28)21(17)36)18-14-7-8-33-24(39)34(13-5-3-2-4-6-13)25(40)35(33)16(14)11-26(31)22(37)19(29)20(30)23(38)27(18,26)32/h2-7,9-10,16,18,36H,8,11H2,1H3. The van der Waals surface area contributed by atoms with E-state index < -0.39 is 54.7 Å². The SMILES string of the molecule is COc1cc(C2C3=CCn4c(=O)n(-c5ccccc5)c(=O)n4C3CC3(Cl)C(=O)C(Cl)=C(Cl)C(=O)C23Cl)cc(Br)c1O. The highest BCUT2D eigenvalue weighted by atomic mass is 79.9. The van der Waals surface area contributed by atoms with Crippen molar-refractivity contribution in [3.05, 3.63) is 95.2 Å². The van der Waals surface area contributed by atoms with Crippen molar-refractivity contribution < 1.29 is 19.4 Å². The second-order valence-corrected chi connectivity index (χ2v) is 12.7. The van der Waals surface area contributed by atoms with E-state index in [0.29, 0.717) is 16.8 Å². The van der Waals surface area contributed by atoms with Crippen LogP contribution in [0.5, 0.6) is 11.5 Å². The zero-order valence-electron chi connectivity index (χ0n) is 20.9. The first-order valence-electron chi connectivity index (χ1n) is 12.2. The van der Waals surface area contributed by atoms with Gasteiger partial charge in [-0.25, -0.2) is 23.5 Å². The number of phenols is 1. The van der Waals surface area contributed by atoms with E-state index in [-0.39, 0.29) is 28.9 Å². The average molecular weight is 702 g/mol. The second kappa shape index (κ2) is 9.64. The second-order valence-electron chi connectivity index (χ2n) is 9.87. The summed E-state index contributed by atoms with van der Waals surface area (Å²) in [6.45, 7) is -0.0403. The van der Waals surface area contributed by atoms with Gasteiger partial charge in [-0.3, -0.25) is 9.59 Å². The molecule has 41 heavy (non-hydrogen) atoms. The Kier molecular flexibility index (Phi) is 6.67. The molecule has 1 saturated carbocycles. The van der Waals surface area contributed by atoms with Crippen molar-refractivity contribution in [3.63, 3.8) is 0 Å². The smallest absolute Gasteiger partial charge is 0.352 e. The summed E-state index contributed by atoms with van der Waals surface area (Å²) in [6, 6.07) is 10.4. The minimum absolute atomic E-state index is 0.0403. The Morgan fingerprint density at radius 2 is 1.66 bits per heavy atom. The molecule has 3 aromatic rings. The van der Waals surface area contributed by atoms with E-state index in [1.807, 2.05) is 0 Å². The van der Waals surface area contributed by atoms with Crippen molar-refractivity contribution in [2.45, 2.75) is 34.7 Å². The molecular formula is C27H18BrCl4N3O6. The molecule has 6 rings (SSSR count). The number of methoxy groups -OCH3 is 1. The topological polar surface area (TPSA) is 113 Å². The number of Topliss-reactive ketones (excluding diaryl/α,β-unsaturated/α-hetero) is 2. The quantitative estimate of drug-likeness (QED) is 0.312. The largest absolute Gasteiger partial charge is 0.503 e. The normalized spacial score (nSPS) is 27.2. The van der Waals surface area contributed by atoms with Crippen LogP contribution in [0.4, 0.5) is 0 Å². The van der Waals surface area contributed by atoms with E-state index in [0.717, 1.165) is 4.57 Å². The number of para-hydroxylation sites is 1. The van der Waals surface area contributed by atoms with Crippen molar-refractivity contribution in [1.29, 1.82) is 0 Å². The number of phenolic OH excluding ortho intramolecular Hbond substituents is 1. The minimum Gasteiger partial charge on any atom is -0.503 e. The van der Waals surface area contributed by atoms with Crippen LogP contribution in [-0.4, -0.2) is 47.5 Å². The lowest BCUT2D eigenvalue weighted by Crippen LogP contribution is -2.67. The molecule has 0 amide bonds. The molecule has 4 atom stereocenters. The number of hydrogen-bond acceptors (Lipinski definition) is 6. The summed E-state index contributed by atoms with van der Waals surface area (Å²) in [5.74, 6) is -3.09. The molecule has 1 N–H and O–H groups in total. The van der Waals surface area contributed by atoms with Crippen molar-refractivity contribution in [2.75, 3.05) is 7.11 Å². The third-order valence-electron chi connectivity index (χ3n) is 7.92. The van der Waals surface area contributed by atoms with Gasteiger partial charge in [0, 0.05) is 12.3 Å². The molecule has 9 nitrogen and oxygen atoms in total. The first-order valence-corrected chi connectivity index (χ1v) is 14.5. The fraction of sp³-hybridized carbons (Fsp3) is 0.259. The van der Waals surface area contributed by atoms with Crippen LogP contribution in [0.1, 0.15) is 23.9 Å². The van der Waals surface area contributed by atoms with Crippen molar-refractivity contribution in [2.24, 2.45) is 0 Å². The number of nitrogens with zero attached hydrogens (tertiary/aromatic N) is 3. The maximum absolute atomic E-state index is 13.9. The van der Waals surface area contributed by atoms with E-state index in [4.69, 9.17) is 51.1 Å². The van der Waals surface area contributed by atoms with Crippen LogP contribution in [0, 0.1) is 0 Å². The number of fused-ring (bicyclic) bond motifs is 4. The van der Waals surface area contributed by atoms with Gasteiger partial charge in [0.25, 0.3) is 0 Å². The van der Waals surface area contributed by atoms with Crippen molar-refractivity contribution >= 4 is 73.9 Å². The van der Waals surface area contributed by atoms with Crippen LogP contribution in [0.3, 0.4) is 0 Å². The number of allylic oxidation sites excluding steroid dienone is 4. The Morgan fingerprint density at radius 1 is 1.00 bits per heavy atom. The molecule has 0 saturated heterocycles. The van der Waals surface area contributed by atoms with Crippen molar-refractivity contribution in [3.8, 4) is 17.2 Å². The van der Waals surface area contributed by atoms with Gasteiger partial charge in [-0.15, -0.1) is 23.2 Å². The van der Waals surface area contributed by atoms with Crippen molar-refractivity contribution in [1.82, 2.24) is 13.9 Å². The Labute approximate surface area is 260 Å². The maximum Gasteiger partial charge on any atom is 0.352 e. The Balaban J connectivity index is 1.66. The number of ketones is 2. The van der Waals surface area contributed by atoms with E-state index in [9.17, 15) is 24.3 Å². The van der Waals surface area contributed by atoms with Crippen LogP contribution in [0.15, 0.2) is 78.2 Å². The number of rotatable bonds is 3. The number of benzene rings is 2. The number of hydrogen-bond donors (Lipinski definition) is 1. The predicted molar refractivity (Wildman–Crippen MR) is 157 cm³/mol. The number of ether oxygens (including phenoxy) is 1. The Bertz CT molecular complexity index is 1860. The number of aromatic hydroxyl groups is 1. The molecule has 3 aliphatic rings. The lowest BCUT2D eigenvalue weighted by Gasteiger charge is -2.54. The summed E-state index contributed by atoms with van der Waals surface area (Å²) in [5, 5.41) is 9.35. The molecule has 1 aliphatic heterocycles. The van der Waals surface area contributed by atoms with Crippen LogP contribution < -0.4 is 16.1 Å². The molecule has 0 radical (unpaired) electrons. The first-order chi connectivity index (χ1) is 19.4.